The molecule has 1 aromatic carbocycles. The number of rotatable bonds is 7. The Balaban J connectivity index is 1.95. The molecule has 0 bridgehead atoms. The minimum atomic E-state index is 0.539. The van der Waals surface area contributed by atoms with Crippen LogP contribution in [0.1, 0.15) is 25.0 Å². The maximum Gasteiger partial charge on any atom is 0.157 e. The van der Waals surface area contributed by atoms with Crippen molar-refractivity contribution in [3.63, 3.8) is 0 Å². The van der Waals surface area contributed by atoms with E-state index in [0.717, 1.165) is 35.4 Å². The number of aromatic nitrogens is 2. The molecule has 1 N–H and O–H groups in total. The van der Waals surface area contributed by atoms with Crippen molar-refractivity contribution in [2.45, 2.75) is 33.5 Å². The normalized spacial score (nSPS) is 10.8. The summed E-state index contributed by atoms with van der Waals surface area (Å²) in [5.41, 5.74) is 2.40. The highest BCUT2D eigenvalue weighted by atomic mass is 79.9. The molecule has 0 unspecified atom stereocenters. The molecule has 0 aliphatic carbocycles. The Morgan fingerprint density at radius 2 is 2.20 bits per heavy atom. The number of nitrogens with one attached hydrogen (secondary N) is 1. The lowest BCUT2D eigenvalue weighted by atomic mass is 10.1. The Kier molecular flexibility index (Phi) is 5.61. The number of aryl methyl sites for hydroxylation is 1. The van der Waals surface area contributed by atoms with Gasteiger partial charge in [0.15, 0.2) is 5.75 Å². The van der Waals surface area contributed by atoms with Gasteiger partial charge in [-0.2, -0.15) is 5.10 Å². The van der Waals surface area contributed by atoms with Crippen molar-refractivity contribution in [2.24, 2.45) is 0 Å². The highest BCUT2D eigenvalue weighted by molar-refractivity contribution is 9.10. The van der Waals surface area contributed by atoms with Crippen LogP contribution in [0.4, 0.5) is 0 Å². The Morgan fingerprint density at radius 1 is 1.35 bits per heavy atom. The average molecular weight is 338 g/mol. The maximum absolute atomic E-state index is 5.75. The fourth-order valence-corrected chi connectivity index (χ4v) is 2.38. The number of hydrogen-bond acceptors (Lipinski definition) is 3. The molecule has 2 aromatic rings. The molecule has 1 heterocycles. The van der Waals surface area contributed by atoms with Crippen molar-refractivity contribution in [2.75, 3.05) is 6.54 Å². The quantitative estimate of drug-likeness (QED) is 0.841. The predicted octanol–water partition coefficient (Wildman–Crippen LogP) is 3.35. The Labute approximate surface area is 128 Å². The van der Waals surface area contributed by atoms with Crippen LogP contribution in [0.3, 0.4) is 0 Å². The fraction of sp³-hybridized carbons (Fsp3) is 0.400. The van der Waals surface area contributed by atoms with Gasteiger partial charge in [0, 0.05) is 23.1 Å². The van der Waals surface area contributed by atoms with Gasteiger partial charge in [-0.3, -0.25) is 4.68 Å². The van der Waals surface area contributed by atoms with E-state index < -0.39 is 0 Å². The van der Waals surface area contributed by atoms with Crippen LogP contribution in [0.2, 0.25) is 0 Å². The predicted molar refractivity (Wildman–Crippen MR) is 83.8 cm³/mol. The topological polar surface area (TPSA) is 39.1 Å². The molecule has 0 atom stereocenters. The van der Waals surface area contributed by atoms with E-state index in [2.05, 4.69) is 58.4 Å². The van der Waals surface area contributed by atoms with Crippen molar-refractivity contribution in [3.8, 4) is 5.75 Å². The van der Waals surface area contributed by atoms with Crippen molar-refractivity contribution in [1.29, 1.82) is 0 Å². The first kappa shape index (κ1) is 15.1. The lowest BCUT2D eigenvalue weighted by Crippen LogP contribution is -2.11. The molecule has 0 aliphatic rings. The van der Waals surface area contributed by atoms with Gasteiger partial charge >= 0.3 is 0 Å². The molecule has 0 saturated heterocycles. The molecule has 4 nitrogen and oxygen atoms in total. The van der Waals surface area contributed by atoms with Crippen LogP contribution in [-0.2, 0) is 19.7 Å². The maximum atomic E-state index is 5.75. The van der Waals surface area contributed by atoms with Crippen molar-refractivity contribution < 1.29 is 4.74 Å². The average Bonchev–Trinajstić information content (AvgIpc) is 2.92. The van der Waals surface area contributed by atoms with Crippen LogP contribution in [0.15, 0.2) is 35.1 Å². The Morgan fingerprint density at radius 3 is 2.85 bits per heavy atom. The van der Waals surface area contributed by atoms with E-state index in [1.807, 2.05) is 10.9 Å². The van der Waals surface area contributed by atoms with Crippen LogP contribution < -0.4 is 10.1 Å². The molecule has 0 radical (unpaired) electrons. The molecular weight excluding hydrogens is 318 g/mol. The summed E-state index contributed by atoms with van der Waals surface area (Å²) in [6.45, 7) is 7.41. The van der Waals surface area contributed by atoms with Gasteiger partial charge in [0.05, 0.1) is 12.4 Å². The number of nitrogens with zero attached hydrogens (tertiary/aromatic N) is 2. The zero-order chi connectivity index (χ0) is 14.4. The summed E-state index contributed by atoms with van der Waals surface area (Å²) in [5, 5.41) is 7.50. The highest BCUT2D eigenvalue weighted by Gasteiger charge is 2.04. The van der Waals surface area contributed by atoms with Gasteiger partial charge in [0.2, 0.25) is 0 Å². The molecule has 1 aromatic heterocycles. The summed E-state index contributed by atoms with van der Waals surface area (Å²) in [5.74, 6) is 0.801. The molecule has 2 rings (SSSR count). The summed E-state index contributed by atoms with van der Waals surface area (Å²) in [6.07, 6.45) is 3.66. The smallest absolute Gasteiger partial charge is 0.157 e. The SMILES string of the molecule is CCNCc1ccc(COc2cnn(CC)c2)c(Br)c1. The number of ether oxygens (including phenoxy) is 1. The first-order valence-electron chi connectivity index (χ1n) is 6.86. The van der Waals surface area contributed by atoms with E-state index in [1.54, 1.807) is 6.20 Å². The van der Waals surface area contributed by atoms with Gasteiger partial charge in [-0.15, -0.1) is 0 Å². The molecule has 0 spiro atoms. The zero-order valence-corrected chi connectivity index (χ0v) is 13.5. The van der Waals surface area contributed by atoms with Crippen LogP contribution >= 0.6 is 15.9 Å². The zero-order valence-electron chi connectivity index (χ0n) is 11.9. The van der Waals surface area contributed by atoms with Gasteiger partial charge in [0.25, 0.3) is 0 Å². The first-order valence-corrected chi connectivity index (χ1v) is 7.65. The van der Waals surface area contributed by atoms with Crippen molar-refractivity contribution >= 4 is 15.9 Å². The van der Waals surface area contributed by atoms with E-state index in [1.165, 1.54) is 5.56 Å². The molecule has 108 valence electrons. The third-order valence-electron chi connectivity index (χ3n) is 3.02. The monoisotopic (exact) mass is 337 g/mol. The Hall–Kier alpha value is -1.33. The Bertz CT molecular complexity index is 554. The van der Waals surface area contributed by atoms with Gasteiger partial charge in [-0.1, -0.05) is 35.0 Å². The van der Waals surface area contributed by atoms with Crippen LogP contribution in [0.5, 0.6) is 5.75 Å². The second kappa shape index (κ2) is 7.45. The molecule has 0 fully saturated rings. The van der Waals surface area contributed by atoms with E-state index in [-0.39, 0.29) is 0 Å². The van der Waals surface area contributed by atoms with Gasteiger partial charge in [-0.25, -0.2) is 0 Å². The van der Waals surface area contributed by atoms with Crippen molar-refractivity contribution in [3.05, 3.63) is 46.2 Å². The largest absolute Gasteiger partial charge is 0.486 e. The molecule has 5 heteroatoms. The first-order chi connectivity index (χ1) is 9.72. The lowest BCUT2D eigenvalue weighted by Gasteiger charge is -2.08. The summed E-state index contributed by atoms with van der Waals surface area (Å²) in [6, 6.07) is 6.36. The van der Waals surface area contributed by atoms with Gasteiger partial charge < -0.3 is 10.1 Å². The molecular formula is C15H20BrN3O. The second-order valence-corrected chi connectivity index (χ2v) is 5.38. The lowest BCUT2D eigenvalue weighted by molar-refractivity contribution is 0.305. The second-order valence-electron chi connectivity index (χ2n) is 4.53. The van der Waals surface area contributed by atoms with Gasteiger partial charge in [0.1, 0.15) is 6.61 Å². The highest BCUT2D eigenvalue weighted by Crippen LogP contribution is 2.21. The van der Waals surface area contributed by atoms with E-state index >= 15 is 0 Å². The van der Waals surface area contributed by atoms with Crippen LogP contribution in [-0.4, -0.2) is 16.3 Å². The van der Waals surface area contributed by atoms with Crippen LogP contribution in [0, 0.1) is 0 Å². The van der Waals surface area contributed by atoms with E-state index in [9.17, 15) is 0 Å². The summed E-state index contributed by atoms with van der Waals surface area (Å²) >= 11 is 3.60. The number of halogens is 1. The standard InChI is InChI=1S/C15H20BrN3O/c1-3-17-8-12-5-6-13(15(16)7-12)11-20-14-9-18-19(4-2)10-14/h5-7,9-10,17H,3-4,8,11H2,1-2H3. The molecule has 20 heavy (non-hydrogen) atoms. The third kappa shape index (κ3) is 4.08. The number of benzene rings is 1. The van der Waals surface area contributed by atoms with Crippen molar-refractivity contribution in [1.82, 2.24) is 15.1 Å². The number of hydrogen-bond donors (Lipinski definition) is 1. The third-order valence-corrected chi connectivity index (χ3v) is 3.76. The minimum absolute atomic E-state index is 0.539. The summed E-state index contributed by atoms with van der Waals surface area (Å²) in [7, 11) is 0. The summed E-state index contributed by atoms with van der Waals surface area (Å²) < 4.78 is 8.68. The summed E-state index contributed by atoms with van der Waals surface area (Å²) in [4.78, 5) is 0. The minimum Gasteiger partial charge on any atom is -0.486 e. The fourth-order valence-electron chi connectivity index (χ4n) is 1.84. The van der Waals surface area contributed by atoms with Crippen LogP contribution in [0.25, 0.3) is 0 Å². The van der Waals surface area contributed by atoms with E-state index in [4.69, 9.17) is 4.74 Å². The molecule has 0 amide bonds. The van der Waals surface area contributed by atoms with E-state index in [0.29, 0.717) is 6.61 Å². The molecule has 0 saturated carbocycles. The molecule has 0 aliphatic heterocycles. The van der Waals surface area contributed by atoms with Gasteiger partial charge in [-0.05, 0) is 25.1 Å².